The van der Waals surface area contributed by atoms with Crippen molar-refractivity contribution >= 4 is 16.7 Å². The van der Waals surface area contributed by atoms with E-state index in [9.17, 15) is 4.79 Å². The highest BCUT2D eigenvalue weighted by Crippen LogP contribution is 2.18. The number of benzene rings is 2. The number of aromatic nitrogens is 1. The predicted molar refractivity (Wildman–Crippen MR) is 85.3 cm³/mol. The number of para-hydroxylation sites is 1. The molecule has 0 aliphatic carbocycles. The van der Waals surface area contributed by atoms with E-state index in [0.29, 0.717) is 12.8 Å². The van der Waals surface area contributed by atoms with Crippen molar-refractivity contribution in [3.05, 3.63) is 77.5 Å². The number of nitrogens with zero attached hydrogens (tertiary/aromatic N) is 1. The van der Waals surface area contributed by atoms with E-state index in [1.54, 1.807) is 6.20 Å². The van der Waals surface area contributed by atoms with Crippen molar-refractivity contribution in [3.63, 3.8) is 0 Å². The van der Waals surface area contributed by atoms with Gasteiger partial charge in [0.15, 0.2) is 0 Å². The highest BCUT2D eigenvalue weighted by molar-refractivity contribution is 5.89. The Morgan fingerprint density at radius 2 is 1.62 bits per heavy atom. The van der Waals surface area contributed by atoms with Crippen LogP contribution in [0.5, 0.6) is 0 Å². The largest absolute Gasteiger partial charge is 0.299 e. The maximum absolute atomic E-state index is 12.4. The van der Waals surface area contributed by atoms with Gasteiger partial charge in [-0.15, -0.1) is 0 Å². The van der Waals surface area contributed by atoms with Gasteiger partial charge in [0.2, 0.25) is 0 Å². The monoisotopic (exact) mass is 275 g/mol. The fourth-order valence-electron chi connectivity index (χ4n) is 2.60. The van der Waals surface area contributed by atoms with Gasteiger partial charge in [0, 0.05) is 24.4 Å². The number of hydrogen-bond donors (Lipinski definition) is 0. The van der Waals surface area contributed by atoms with Crippen molar-refractivity contribution in [2.75, 3.05) is 0 Å². The summed E-state index contributed by atoms with van der Waals surface area (Å²) < 4.78 is 0. The van der Waals surface area contributed by atoms with Crippen LogP contribution in [0.4, 0.5) is 0 Å². The molecule has 0 amide bonds. The van der Waals surface area contributed by atoms with Crippen LogP contribution >= 0.6 is 0 Å². The van der Waals surface area contributed by atoms with Crippen LogP contribution in [0, 0.1) is 6.92 Å². The molecule has 0 fully saturated rings. The van der Waals surface area contributed by atoms with Crippen LogP contribution in [-0.2, 0) is 17.6 Å². The van der Waals surface area contributed by atoms with Gasteiger partial charge in [0.1, 0.15) is 5.78 Å². The summed E-state index contributed by atoms with van der Waals surface area (Å²) in [6, 6.07) is 18.0. The molecular formula is C19H17NO. The first kappa shape index (κ1) is 13.5. The first-order chi connectivity index (χ1) is 10.2. The molecule has 0 saturated heterocycles. The minimum absolute atomic E-state index is 0.237. The second-order valence-electron chi connectivity index (χ2n) is 5.31. The summed E-state index contributed by atoms with van der Waals surface area (Å²) in [5, 5.41) is 1.07. The lowest BCUT2D eigenvalue weighted by Crippen LogP contribution is -2.08. The summed E-state index contributed by atoms with van der Waals surface area (Å²) in [5.41, 5.74) is 4.28. The lowest BCUT2D eigenvalue weighted by Gasteiger charge is -2.07. The molecule has 0 radical (unpaired) electrons. The molecule has 0 aliphatic heterocycles. The minimum Gasteiger partial charge on any atom is -0.299 e. The van der Waals surface area contributed by atoms with Crippen LogP contribution in [0.15, 0.2) is 60.8 Å². The van der Waals surface area contributed by atoms with E-state index in [1.165, 1.54) is 5.56 Å². The molecule has 3 rings (SSSR count). The Morgan fingerprint density at radius 1 is 0.905 bits per heavy atom. The second kappa shape index (κ2) is 5.88. The van der Waals surface area contributed by atoms with Gasteiger partial charge >= 0.3 is 0 Å². The Balaban J connectivity index is 1.82. The van der Waals surface area contributed by atoms with Gasteiger partial charge in [0.25, 0.3) is 0 Å². The van der Waals surface area contributed by atoms with E-state index in [-0.39, 0.29) is 5.78 Å². The lowest BCUT2D eigenvalue weighted by atomic mass is 9.98. The maximum Gasteiger partial charge on any atom is 0.141 e. The second-order valence-corrected chi connectivity index (χ2v) is 5.31. The molecular weight excluding hydrogens is 258 g/mol. The van der Waals surface area contributed by atoms with Crippen molar-refractivity contribution in [2.24, 2.45) is 0 Å². The molecule has 3 aromatic rings. The molecule has 104 valence electrons. The average Bonchev–Trinajstić information content (AvgIpc) is 2.50. The molecule has 21 heavy (non-hydrogen) atoms. The summed E-state index contributed by atoms with van der Waals surface area (Å²) >= 11 is 0. The molecule has 2 nitrogen and oxygen atoms in total. The molecule has 2 heteroatoms. The molecule has 0 aliphatic rings. The number of rotatable bonds is 4. The molecule has 1 aromatic heterocycles. The number of ketones is 1. The SMILES string of the molecule is Cc1ccccc1CC(=O)Cc1ccnc2ccccc12. The molecule has 2 aromatic carbocycles. The number of hydrogen-bond acceptors (Lipinski definition) is 2. The first-order valence-electron chi connectivity index (χ1n) is 7.13. The van der Waals surface area contributed by atoms with Crippen LogP contribution < -0.4 is 0 Å². The first-order valence-corrected chi connectivity index (χ1v) is 7.13. The summed E-state index contributed by atoms with van der Waals surface area (Å²) in [6.07, 6.45) is 2.72. The number of aryl methyl sites for hydroxylation is 1. The van der Waals surface area contributed by atoms with Gasteiger partial charge in [-0.05, 0) is 35.7 Å². The third-order valence-electron chi connectivity index (χ3n) is 3.78. The van der Waals surface area contributed by atoms with Crippen molar-refractivity contribution in [3.8, 4) is 0 Å². The van der Waals surface area contributed by atoms with Crippen LogP contribution in [0.3, 0.4) is 0 Å². The van der Waals surface area contributed by atoms with Crippen molar-refractivity contribution in [1.82, 2.24) is 4.98 Å². The third-order valence-corrected chi connectivity index (χ3v) is 3.78. The Kier molecular flexibility index (Phi) is 3.78. The summed E-state index contributed by atoms with van der Waals surface area (Å²) in [5.74, 6) is 0.237. The number of carbonyl (C=O) groups excluding carboxylic acids is 1. The van der Waals surface area contributed by atoms with Crippen LogP contribution in [0.2, 0.25) is 0 Å². The van der Waals surface area contributed by atoms with Gasteiger partial charge in [-0.25, -0.2) is 0 Å². The highest BCUT2D eigenvalue weighted by atomic mass is 16.1. The van der Waals surface area contributed by atoms with Crippen molar-refractivity contribution in [1.29, 1.82) is 0 Å². The predicted octanol–water partition coefficient (Wildman–Crippen LogP) is 3.90. The quantitative estimate of drug-likeness (QED) is 0.723. The maximum atomic E-state index is 12.4. The van der Waals surface area contributed by atoms with Gasteiger partial charge in [-0.2, -0.15) is 0 Å². The summed E-state index contributed by atoms with van der Waals surface area (Å²) in [6.45, 7) is 2.05. The van der Waals surface area contributed by atoms with Crippen LogP contribution in [0.25, 0.3) is 10.9 Å². The Bertz CT molecular complexity index is 787. The zero-order valence-corrected chi connectivity index (χ0v) is 12.0. The smallest absolute Gasteiger partial charge is 0.141 e. The number of fused-ring (bicyclic) bond motifs is 1. The van der Waals surface area contributed by atoms with Gasteiger partial charge in [-0.1, -0.05) is 42.5 Å². The van der Waals surface area contributed by atoms with E-state index < -0.39 is 0 Å². The zero-order chi connectivity index (χ0) is 14.7. The van der Waals surface area contributed by atoms with Gasteiger partial charge < -0.3 is 0 Å². The number of Topliss-reactive ketones (excluding diaryl/α,β-unsaturated/α-hetero) is 1. The fraction of sp³-hybridized carbons (Fsp3) is 0.158. The fourth-order valence-corrected chi connectivity index (χ4v) is 2.60. The van der Waals surface area contributed by atoms with Crippen molar-refractivity contribution < 1.29 is 4.79 Å². The van der Waals surface area contributed by atoms with Crippen molar-refractivity contribution in [2.45, 2.75) is 19.8 Å². The van der Waals surface area contributed by atoms with Crippen LogP contribution in [-0.4, -0.2) is 10.8 Å². The third kappa shape index (κ3) is 3.00. The molecule has 0 unspecified atom stereocenters. The van der Waals surface area contributed by atoms with Gasteiger partial charge in [0.05, 0.1) is 5.52 Å². The summed E-state index contributed by atoms with van der Waals surface area (Å²) in [7, 11) is 0. The van der Waals surface area contributed by atoms with E-state index in [1.807, 2.05) is 61.5 Å². The van der Waals surface area contributed by atoms with E-state index in [0.717, 1.165) is 22.0 Å². The number of carbonyl (C=O) groups is 1. The Morgan fingerprint density at radius 3 is 2.48 bits per heavy atom. The highest BCUT2D eigenvalue weighted by Gasteiger charge is 2.09. The Labute approximate surface area is 124 Å². The minimum atomic E-state index is 0.237. The standard InChI is InChI=1S/C19H17NO/c1-14-6-2-3-7-15(14)12-17(21)13-16-10-11-20-19-9-5-4-8-18(16)19/h2-11H,12-13H2,1H3. The average molecular weight is 275 g/mol. The molecule has 0 atom stereocenters. The molecule has 0 saturated carbocycles. The Hall–Kier alpha value is -2.48. The van der Waals surface area contributed by atoms with E-state index in [4.69, 9.17) is 0 Å². The summed E-state index contributed by atoms with van der Waals surface area (Å²) in [4.78, 5) is 16.7. The molecule has 0 N–H and O–H groups in total. The van der Waals surface area contributed by atoms with Gasteiger partial charge in [-0.3, -0.25) is 9.78 Å². The van der Waals surface area contributed by atoms with E-state index in [2.05, 4.69) is 4.98 Å². The molecule has 1 heterocycles. The normalized spacial score (nSPS) is 10.7. The lowest BCUT2D eigenvalue weighted by molar-refractivity contribution is -0.117. The number of pyridine rings is 1. The van der Waals surface area contributed by atoms with Crippen LogP contribution in [0.1, 0.15) is 16.7 Å². The topological polar surface area (TPSA) is 30.0 Å². The zero-order valence-electron chi connectivity index (χ0n) is 12.0. The molecule has 0 bridgehead atoms. The molecule has 0 spiro atoms. The van der Waals surface area contributed by atoms with E-state index >= 15 is 0 Å².